The van der Waals surface area contributed by atoms with E-state index in [4.69, 9.17) is 11.6 Å². The molecule has 1 aliphatic heterocycles. The summed E-state index contributed by atoms with van der Waals surface area (Å²) in [5, 5.41) is 4.40. The third-order valence-electron chi connectivity index (χ3n) is 3.65. The fraction of sp³-hybridized carbons (Fsp3) is 0.538. The maximum absolute atomic E-state index is 6.19. The fourth-order valence-corrected chi connectivity index (χ4v) is 4.59. The van der Waals surface area contributed by atoms with Gasteiger partial charge in [0.25, 0.3) is 0 Å². The average molecular weight is 254 g/mol. The molecule has 1 aliphatic carbocycles. The third-order valence-corrected chi connectivity index (χ3v) is 5.51. The standard InChI is InChI=1S/C13H16ClNS/c14-10-5-4-6-11-12(10)15-9-13(16-11)7-2-1-3-8-13/h4-6,15H,1-3,7-9H2. The number of benzene rings is 1. The summed E-state index contributed by atoms with van der Waals surface area (Å²) in [5.74, 6) is 0. The van der Waals surface area contributed by atoms with E-state index in [0.29, 0.717) is 4.75 Å². The molecule has 1 aromatic carbocycles. The highest BCUT2D eigenvalue weighted by molar-refractivity contribution is 8.01. The minimum Gasteiger partial charge on any atom is -0.382 e. The number of fused-ring (bicyclic) bond motifs is 1. The van der Waals surface area contributed by atoms with Crippen LogP contribution in [0.25, 0.3) is 0 Å². The maximum atomic E-state index is 6.19. The van der Waals surface area contributed by atoms with Crippen LogP contribution in [0.15, 0.2) is 23.1 Å². The van der Waals surface area contributed by atoms with Gasteiger partial charge < -0.3 is 5.32 Å². The van der Waals surface area contributed by atoms with Crippen molar-refractivity contribution in [3.05, 3.63) is 23.2 Å². The van der Waals surface area contributed by atoms with Gasteiger partial charge in [-0.15, -0.1) is 11.8 Å². The molecule has 0 amide bonds. The molecule has 1 nitrogen and oxygen atoms in total. The molecule has 1 saturated carbocycles. The Hall–Kier alpha value is -0.340. The number of anilines is 1. The normalized spacial score (nSPS) is 22.6. The van der Waals surface area contributed by atoms with Crippen LogP contribution >= 0.6 is 23.4 Å². The predicted molar refractivity (Wildman–Crippen MR) is 71.6 cm³/mol. The monoisotopic (exact) mass is 253 g/mol. The summed E-state index contributed by atoms with van der Waals surface area (Å²) in [6.07, 6.45) is 6.85. The first-order valence-electron chi connectivity index (χ1n) is 6.01. The number of thioether (sulfide) groups is 1. The van der Waals surface area contributed by atoms with Crippen LogP contribution in [0.3, 0.4) is 0 Å². The first-order valence-corrected chi connectivity index (χ1v) is 7.20. The van der Waals surface area contributed by atoms with Gasteiger partial charge in [-0.25, -0.2) is 0 Å². The molecule has 1 aromatic rings. The number of rotatable bonds is 0. The molecule has 86 valence electrons. The number of para-hydroxylation sites is 1. The van der Waals surface area contributed by atoms with Gasteiger partial charge in [0, 0.05) is 16.2 Å². The Morgan fingerprint density at radius 2 is 2.00 bits per heavy atom. The molecule has 0 radical (unpaired) electrons. The van der Waals surface area contributed by atoms with Crippen LogP contribution in [-0.4, -0.2) is 11.3 Å². The van der Waals surface area contributed by atoms with Crippen LogP contribution in [0.1, 0.15) is 32.1 Å². The smallest absolute Gasteiger partial charge is 0.0668 e. The lowest BCUT2D eigenvalue weighted by atomic mass is 9.88. The maximum Gasteiger partial charge on any atom is 0.0668 e. The fourth-order valence-electron chi connectivity index (χ4n) is 2.75. The number of hydrogen-bond donors (Lipinski definition) is 1. The molecule has 2 aliphatic rings. The van der Waals surface area contributed by atoms with Gasteiger partial charge in [-0.3, -0.25) is 0 Å². The highest BCUT2D eigenvalue weighted by Gasteiger charge is 2.36. The highest BCUT2D eigenvalue weighted by atomic mass is 35.5. The Morgan fingerprint density at radius 3 is 2.81 bits per heavy atom. The van der Waals surface area contributed by atoms with E-state index in [1.165, 1.54) is 37.0 Å². The SMILES string of the molecule is Clc1cccc2c1NCC1(CCCCC1)S2. The van der Waals surface area contributed by atoms with Crippen molar-refractivity contribution in [3.8, 4) is 0 Å². The van der Waals surface area contributed by atoms with Crippen molar-refractivity contribution >= 4 is 29.1 Å². The molecular weight excluding hydrogens is 238 g/mol. The molecule has 1 N–H and O–H groups in total. The average Bonchev–Trinajstić information content (AvgIpc) is 2.30. The van der Waals surface area contributed by atoms with Crippen LogP contribution in [0.5, 0.6) is 0 Å². The van der Waals surface area contributed by atoms with E-state index >= 15 is 0 Å². The summed E-state index contributed by atoms with van der Waals surface area (Å²) in [7, 11) is 0. The second-order valence-corrected chi connectivity index (χ2v) is 6.73. The Bertz CT molecular complexity index is 399. The minimum absolute atomic E-state index is 0.440. The van der Waals surface area contributed by atoms with Crippen molar-refractivity contribution in [2.45, 2.75) is 41.7 Å². The molecule has 0 bridgehead atoms. The van der Waals surface area contributed by atoms with Gasteiger partial charge in [0.15, 0.2) is 0 Å². The molecule has 0 unspecified atom stereocenters. The Balaban J connectivity index is 1.91. The van der Waals surface area contributed by atoms with E-state index in [2.05, 4.69) is 17.4 Å². The quantitative estimate of drug-likeness (QED) is 0.727. The van der Waals surface area contributed by atoms with Gasteiger partial charge >= 0.3 is 0 Å². The second-order valence-electron chi connectivity index (χ2n) is 4.81. The van der Waals surface area contributed by atoms with E-state index in [1.54, 1.807) is 0 Å². The van der Waals surface area contributed by atoms with Gasteiger partial charge in [0.05, 0.1) is 10.7 Å². The summed E-state index contributed by atoms with van der Waals surface area (Å²) in [6, 6.07) is 6.21. The lowest BCUT2D eigenvalue weighted by Crippen LogP contribution is -2.38. The Kier molecular flexibility index (Phi) is 2.80. The molecule has 3 rings (SSSR count). The molecule has 16 heavy (non-hydrogen) atoms. The van der Waals surface area contributed by atoms with Crippen LogP contribution in [0, 0.1) is 0 Å². The lowest BCUT2D eigenvalue weighted by Gasteiger charge is -2.41. The van der Waals surface area contributed by atoms with Crippen molar-refractivity contribution < 1.29 is 0 Å². The molecule has 1 fully saturated rings. The number of nitrogens with one attached hydrogen (secondary N) is 1. The summed E-state index contributed by atoms with van der Waals surface area (Å²) in [4.78, 5) is 1.33. The first-order chi connectivity index (χ1) is 7.79. The zero-order valence-corrected chi connectivity index (χ0v) is 10.8. The molecule has 0 atom stereocenters. The van der Waals surface area contributed by atoms with Crippen LogP contribution in [-0.2, 0) is 0 Å². The van der Waals surface area contributed by atoms with Gasteiger partial charge in [-0.1, -0.05) is 36.9 Å². The zero-order chi connectivity index (χ0) is 11.0. The van der Waals surface area contributed by atoms with Gasteiger partial charge in [-0.2, -0.15) is 0 Å². The van der Waals surface area contributed by atoms with E-state index in [-0.39, 0.29) is 0 Å². The molecule has 0 aromatic heterocycles. The van der Waals surface area contributed by atoms with E-state index in [9.17, 15) is 0 Å². The summed E-state index contributed by atoms with van der Waals surface area (Å²) in [5.41, 5.74) is 1.14. The van der Waals surface area contributed by atoms with Gasteiger partial charge in [0.2, 0.25) is 0 Å². The summed E-state index contributed by atoms with van der Waals surface area (Å²) in [6.45, 7) is 1.08. The topological polar surface area (TPSA) is 12.0 Å². The molecule has 1 spiro atoms. The molecule has 3 heteroatoms. The highest BCUT2D eigenvalue weighted by Crippen LogP contribution is 2.50. The second kappa shape index (κ2) is 4.15. The predicted octanol–water partition coefficient (Wildman–Crippen LogP) is 4.56. The minimum atomic E-state index is 0.440. The lowest BCUT2D eigenvalue weighted by molar-refractivity contribution is 0.408. The van der Waals surface area contributed by atoms with E-state index in [0.717, 1.165) is 17.3 Å². The Labute approximate surface area is 106 Å². The van der Waals surface area contributed by atoms with Crippen LogP contribution < -0.4 is 5.32 Å². The number of hydrogen-bond acceptors (Lipinski definition) is 2. The zero-order valence-electron chi connectivity index (χ0n) is 9.26. The number of halogens is 1. The molecule has 0 saturated heterocycles. The van der Waals surface area contributed by atoms with Crippen molar-refractivity contribution in [2.75, 3.05) is 11.9 Å². The largest absolute Gasteiger partial charge is 0.382 e. The van der Waals surface area contributed by atoms with E-state index in [1.807, 2.05) is 17.8 Å². The van der Waals surface area contributed by atoms with Crippen LogP contribution in [0.2, 0.25) is 5.02 Å². The third kappa shape index (κ3) is 1.82. The van der Waals surface area contributed by atoms with Crippen molar-refractivity contribution in [1.82, 2.24) is 0 Å². The summed E-state index contributed by atoms with van der Waals surface area (Å²) < 4.78 is 0.440. The van der Waals surface area contributed by atoms with Crippen molar-refractivity contribution in [2.24, 2.45) is 0 Å². The van der Waals surface area contributed by atoms with Crippen molar-refractivity contribution in [1.29, 1.82) is 0 Å². The van der Waals surface area contributed by atoms with Crippen molar-refractivity contribution in [3.63, 3.8) is 0 Å². The van der Waals surface area contributed by atoms with E-state index < -0.39 is 0 Å². The van der Waals surface area contributed by atoms with Crippen LogP contribution in [0.4, 0.5) is 5.69 Å². The molecule has 1 heterocycles. The molecular formula is C13H16ClNS. The summed E-state index contributed by atoms with van der Waals surface area (Å²) >= 11 is 8.24. The van der Waals surface area contributed by atoms with Gasteiger partial charge in [-0.05, 0) is 25.0 Å². The first kappa shape index (κ1) is 10.8. The Morgan fingerprint density at radius 1 is 1.19 bits per heavy atom. The van der Waals surface area contributed by atoms with Gasteiger partial charge in [0.1, 0.15) is 0 Å².